The van der Waals surface area contributed by atoms with Gasteiger partial charge in [0, 0.05) is 27.3 Å². The van der Waals surface area contributed by atoms with Gasteiger partial charge in [0.2, 0.25) is 11.8 Å². The van der Waals surface area contributed by atoms with Crippen LogP contribution in [-0.4, -0.2) is 30.3 Å². The molecular weight excluding hydrogens is 427 g/mol. The first kappa shape index (κ1) is 19.8. The van der Waals surface area contributed by atoms with Crippen LogP contribution < -0.4 is 5.32 Å². The highest BCUT2D eigenvalue weighted by Gasteiger charge is 2.17. The predicted octanol–water partition coefficient (Wildman–Crippen LogP) is 4.70. The van der Waals surface area contributed by atoms with Crippen LogP contribution >= 0.6 is 39.1 Å². The molecule has 2 amide bonds. The summed E-state index contributed by atoms with van der Waals surface area (Å²) in [6.45, 7) is 1.84. The van der Waals surface area contributed by atoms with E-state index in [0.29, 0.717) is 21.3 Å². The first-order chi connectivity index (χ1) is 11.8. The number of nitrogens with one attached hydrogen (secondary N) is 1. The van der Waals surface area contributed by atoms with Gasteiger partial charge in [0.15, 0.2) is 0 Å². The first-order valence-corrected chi connectivity index (χ1v) is 9.05. The number of halogens is 3. The van der Waals surface area contributed by atoms with Gasteiger partial charge in [-0.2, -0.15) is 0 Å². The summed E-state index contributed by atoms with van der Waals surface area (Å²) in [4.78, 5) is 25.9. The molecule has 2 rings (SSSR count). The lowest BCUT2D eigenvalue weighted by Crippen LogP contribution is -2.36. The number of aryl methyl sites for hydroxylation is 1. The molecule has 0 aromatic heterocycles. The number of carbonyl (C=O) groups excluding carboxylic acids is 2. The second-order valence-electron chi connectivity index (χ2n) is 5.63. The lowest BCUT2D eigenvalue weighted by Gasteiger charge is -2.18. The molecule has 2 aromatic rings. The maximum atomic E-state index is 12.3. The predicted molar refractivity (Wildman–Crippen MR) is 105 cm³/mol. The summed E-state index contributed by atoms with van der Waals surface area (Å²) in [7, 11) is 1.57. The van der Waals surface area contributed by atoms with Crippen LogP contribution in [0.1, 0.15) is 11.1 Å². The zero-order valence-electron chi connectivity index (χ0n) is 13.8. The number of likely N-dealkylation sites (N-methyl/N-ethyl adjacent to an activating group) is 1. The second kappa shape index (κ2) is 8.70. The van der Waals surface area contributed by atoms with Crippen molar-refractivity contribution in [2.75, 3.05) is 18.9 Å². The van der Waals surface area contributed by atoms with Crippen molar-refractivity contribution >= 4 is 56.6 Å². The van der Waals surface area contributed by atoms with E-state index in [1.54, 1.807) is 25.2 Å². The SMILES string of the molecule is Cc1cc(Br)ccc1NC(=O)CN(C)C(=O)Cc1c(Cl)cccc1Cl. The number of rotatable bonds is 5. The van der Waals surface area contributed by atoms with Gasteiger partial charge in [-0.3, -0.25) is 9.59 Å². The fourth-order valence-electron chi connectivity index (χ4n) is 2.25. The minimum Gasteiger partial charge on any atom is -0.336 e. The molecule has 0 aliphatic rings. The van der Waals surface area contributed by atoms with Crippen LogP contribution in [0.5, 0.6) is 0 Å². The van der Waals surface area contributed by atoms with E-state index in [4.69, 9.17) is 23.2 Å². The average Bonchev–Trinajstić information content (AvgIpc) is 2.53. The van der Waals surface area contributed by atoms with E-state index in [9.17, 15) is 9.59 Å². The van der Waals surface area contributed by atoms with Crippen molar-refractivity contribution in [1.82, 2.24) is 4.90 Å². The van der Waals surface area contributed by atoms with Gasteiger partial charge in [-0.05, 0) is 48.4 Å². The van der Waals surface area contributed by atoms with Crippen molar-refractivity contribution in [3.63, 3.8) is 0 Å². The molecule has 0 heterocycles. The summed E-state index contributed by atoms with van der Waals surface area (Å²) in [5.41, 5.74) is 2.20. The molecule has 0 aliphatic heterocycles. The molecule has 0 aliphatic carbocycles. The average molecular weight is 444 g/mol. The number of anilines is 1. The summed E-state index contributed by atoms with van der Waals surface area (Å²) in [5.74, 6) is -0.510. The quantitative estimate of drug-likeness (QED) is 0.727. The third kappa shape index (κ3) is 5.46. The molecule has 7 heteroatoms. The van der Waals surface area contributed by atoms with Crippen molar-refractivity contribution in [3.8, 4) is 0 Å². The van der Waals surface area contributed by atoms with E-state index < -0.39 is 0 Å². The number of amides is 2. The molecule has 0 atom stereocenters. The van der Waals surface area contributed by atoms with Gasteiger partial charge < -0.3 is 10.2 Å². The fourth-order valence-corrected chi connectivity index (χ4v) is 3.25. The zero-order chi connectivity index (χ0) is 18.6. The van der Waals surface area contributed by atoms with E-state index in [-0.39, 0.29) is 24.8 Å². The van der Waals surface area contributed by atoms with Gasteiger partial charge in [0.25, 0.3) is 0 Å². The van der Waals surface area contributed by atoms with Crippen molar-refractivity contribution in [3.05, 3.63) is 62.0 Å². The number of carbonyl (C=O) groups is 2. The Hall–Kier alpha value is -1.56. The first-order valence-electron chi connectivity index (χ1n) is 7.50. The largest absolute Gasteiger partial charge is 0.336 e. The van der Waals surface area contributed by atoms with Crippen LogP contribution in [0.2, 0.25) is 10.0 Å². The molecule has 0 fully saturated rings. The van der Waals surface area contributed by atoms with Gasteiger partial charge in [-0.25, -0.2) is 0 Å². The zero-order valence-corrected chi connectivity index (χ0v) is 16.9. The Morgan fingerprint density at radius 2 is 1.80 bits per heavy atom. The molecule has 1 N–H and O–H groups in total. The van der Waals surface area contributed by atoms with Crippen molar-refractivity contribution in [1.29, 1.82) is 0 Å². The summed E-state index contributed by atoms with van der Waals surface area (Å²) >= 11 is 15.5. The molecule has 132 valence electrons. The smallest absolute Gasteiger partial charge is 0.243 e. The topological polar surface area (TPSA) is 49.4 Å². The van der Waals surface area contributed by atoms with Crippen LogP contribution in [0.15, 0.2) is 40.9 Å². The fraction of sp³-hybridized carbons (Fsp3) is 0.222. The van der Waals surface area contributed by atoms with Gasteiger partial charge >= 0.3 is 0 Å². The van der Waals surface area contributed by atoms with Crippen LogP contribution in [0, 0.1) is 6.92 Å². The summed E-state index contributed by atoms with van der Waals surface area (Å²) in [6, 6.07) is 10.6. The van der Waals surface area contributed by atoms with Crippen LogP contribution in [0.25, 0.3) is 0 Å². The molecule has 4 nitrogen and oxygen atoms in total. The monoisotopic (exact) mass is 442 g/mol. The van der Waals surface area contributed by atoms with Gasteiger partial charge in [-0.15, -0.1) is 0 Å². The molecule has 0 spiro atoms. The number of nitrogens with zero attached hydrogens (tertiary/aromatic N) is 1. The van der Waals surface area contributed by atoms with Gasteiger partial charge in [0.1, 0.15) is 0 Å². The van der Waals surface area contributed by atoms with E-state index in [0.717, 1.165) is 10.0 Å². The molecule has 0 bridgehead atoms. The summed E-state index contributed by atoms with van der Waals surface area (Å²) < 4.78 is 0.937. The normalized spacial score (nSPS) is 10.4. The molecular formula is C18H17BrCl2N2O2. The van der Waals surface area contributed by atoms with E-state index >= 15 is 0 Å². The van der Waals surface area contributed by atoms with Crippen molar-refractivity contribution < 1.29 is 9.59 Å². The molecule has 25 heavy (non-hydrogen) atoms. The highest BCUT2D eigenvalue weighted by Crippen LogP contribution is 2.25. The Bertz CT molecular complexity index is 791. The molecule has 0 saturated heterocycles. The van der Waals surface area contributed by atoms with Crippen LogP contribution in [-0.2, 0) is 16.0 Å². The summed E-state index contributed by atoms with van der Waals surface area (Å²) in [5, 5.41) is 3.67. The minimum atomic E-state index is -0.272. The van der Waals surface area contributed by atoms with Crippen molar-refractivity contribution in [2.45, 2.75) is 13.3 Å². The maximum Gasteiger partial charge on any atom is 0.243 e. The lowest BCUT2D eigenvalue weighted by atomic mass is 10.1. The Kier molecular flexibility index (Phi) is 6.87. The van der Waals surface area contributed by atoms with E-state index in [2.05, 4.69) is 21.2 Å². The van der Waals surface area contributed by atoms with Gasteiger partial charge in [-0.1, -0.05) is 45.2 Å². The van der Waals surface area contributed by atoms with Gasteiger partial charge in [0.05, 0.1) is 13.0 Å². The van der Waals surface area contributed by atoms with E-state index in [1.165, 1.54) is 4.90 Å². The third-order valence-electron chi connectivity index (χ3n) is 3.66. The molecule has 0 unspecified atom stereocenters. The summed E-state index contributed by atoms with van der Waals surface area (Å²) in [6.07, 6.45) is 0.0413. The third-order valence-corrected chi connectivity index (χ3v) is 4.86. The Balaban J connectivity index is 1.97. The minimum absolute atomic E-state index is 0.0413. The van der Waals surface area contributed by atoms with Crippen LogP contribution in [0.3, 0.4) is 0 Å². The van der Waals surface area contributed by atoms with Crippen LogP contribution in [0.4, 0.5) is 5.69 Å². The second-order valence-corrected chi connectivity index (χ2v) is 7.36. The number of hydrogen-bond acceptors (Lipinski definition) is 2. The number of hydrogen-bond donors (Lipinski definition) is 1. The Morgan fingerprint density at radius 1 is 1.16 bits per heavy atom. The standard InChI is InChI=1S/C18H17BrCl2N2O2/c1-11-8-12(19)6-7-16(11)22-17(24)10-23(2)18(25)9-13-14(20)4-3-5-15(13)21/h3-8H,9-10H2,1-2H3,(H,22,24). The lowest BCUT2D eigenvalue weighted by molar-refractivity contribution is -0.132. The molecule has 2 aromatic carbocycles. The molecule has 0 saturated carbocycles. The van der Waals surface area contributed by atoms with Crippen molar-refractivity contribution in [2.24, 2.45) is 0 Å². The number of benzene rings is 2. The highest BCUT2D eigenvalue weighted by atomic mass is 79.9. The highest BCUT2D eigenvalue weighted by molar-refractivity contribution is 9.10. The Morgan fingerprint density at radius 3 is 2.40 bits per heavy atom. The molecule has 0 radical (unpaired) electrons. The van der Waals surface area contributed by atoms with E-state index in [1.807, 2.05) is 25.1 Å². The Labute approximate surface area is 165 Å². The maximum absolute atomic E-state index is 12.3.